The van der Waals surface area contributed by atoms with Crippen LogP contribution in [-0.4, -0.2) is 0 Å². The van der Waals surface area contributed by atoms with Crippen molar-refractivity contribution in [1.82, 2.24) is 0 Å². The smallest absolute Gasteiger partial charge is 0.0162 e. The number of hydrogen-bond acceptors (Lipinski definition) is 0. The van der Waals surface area contributed by atoms with Crippen molar-refractivity contribution in [2.24, 2.45) is 11.3 Å². The molecule has 0 atom stereocenters. The van der Waals surface area contributed by atoms with Crippen molar-refractivity contribution >= 4 is 0 Å². The van der Waals surface area contributed by atoms with Crippen LogP contribution in [0.25, 0.3) is 0 Å². The van der Waals surface area contributed by atoms with E-state index in [-0.39, 0.29) is 0 Å². The topological polar surface area (TPSA) is 0 Å². The Labute approximate surface area is 106 Å². The zero-order valence-corrected chi connectivity index (χ0v) is 11.8. The van der Waals surface area contributed by atoms with Gasteiger partial charge in [-0.05, 0) is 55.4 Å². The Morgan fingerprint density at radius 3 is 2.18 bits per heavy atom. The van der Waals surface area contributed by atoms with Gasteiger partial charge in [-0.15, -0.1) is 0 Å². The first-order valence-electron chi connectivity index (χ1n) is 7.03. The molecule has 0 spiro atoms. The summed E-state index contributed by atoms with van der Waals surface area (Å²) in [6, 6.07) is 9.10. The van der Waals surface area contributed by atoms with E-state index in [4.69, 9.17) is 0 Å². The van der Waals surface area contributed by atoms with Gasteiger partial charge in [-0.1, -0.05) is 50.6 Å². The molecule has 0 heterocycles. The predicted octanol–water partition coefficient (Wildman–Crippen LogP) is 5.31. The summed E-state index contributed by atoms with van der Waals surface area (Å²) >= 11 is 0. The molecule has 0 bridgehead atoms. The van der Waals surface area contributed by atoms with Gasteiger partial charge in [-0.2, -0.15) is 0 Å². The van der Waals surface area contributed by atoms with Crippen LogP contribution in [0.5, 0.6) is 0 Å². The minimum Gasteiger partial charge on any atom is -0.0617 e. The van der Waals surface area contributed by atoms with Crippen LogP contribution in [0.3, 0.4) is 0 Å². The molecule has 0 radical (unpaired) electrons. The molecule has 0 nitrogen and oxygen atoms in total. The molecule has 17 heavy (non-hydrogen) atoms. The Bertz CT molecular complexity index is 362. The summed E-state index contributed by atoms with van der Waals surface area (Å²) in [6.07, 6.45) is 5.57. The van der Waals surface area contributed by atoms with Gasteiger partial charge in [0.2, 0.25) is 0 Å². The Balaban J connectivity index is 2.00. The Hall–Kier alpha value is -0.780. The van der Waals surface area contributed by atoms with Gasteiger partial charge >= 0.3 is 0 Å². The lowest BCUT2D eigenvalue weighted by Crippen LogP contribution is -2.25. The SMILES string of the molecule is Cc1cccc(C2CCC(C(C)(C)C)CC2)c1. The van der Waals surface area contributed by atoms with Gasteiger partial charge in [-0.25, -0.2) is 0 Å². The maximum absolute atomic E-state index is 2.39. The van der Waals surface area contributed by atoms with Crippen LogP contribution in [0.1, 0.15) is 63.5 Å². The second-order valence-corrected chi connectivity index (χ2v) is 6.83. The summed E-state index contributed by atoms with van der Waals surface area (Å²) < 4.78 is 0. The highest BCUT2D eigenvalue weighted by atomic mass is 14.3. The lowest BCUT2D eigenvalue weighted by molar-refractivity contribution is 0.169. The molecule has 0 heteroatoms. The summed E-state index contributed by atoms with van der Waals surface area (Å²) in [7, 11) is 0. The maximum atomic E-state index is 2.39. The molecular weight excluding hydrogens is 204 g/mol. The molecule has 0 aromatic heterocycles. The lowest BCUT2D eigenvalue weighted by Gasteiger charge is -2.37. The van der Waals surface area contributed by atoms with Gasteiger partial charge in [0.05, 0.1) is 0 Å². The highest BCUT2D eigenvalue weighted by Crippen LogP contribution is 2.43. The average Bonchev–Trinajstić information content (AvgIpc) is 2.28. The van der Waals surface area contributed by atoms with E-state index in [9.17, 15) is 0 Å². The van der Waals surface area contributed by atoms with E-state index < -0.39 is 0 Å². The number of benzene rings is 1. The lowest BCUT2D eigenvalue weighted by atomic mass is 9.68. The largest absolute Gasteiger partial charge is 0.0617 e. The third kappa shape index (κ3) is 3.12. The fraction of sp³-hybridized carbons (Fsp3) is 0.647. The van der Waals surface area contributed by atoms with Crippen LogP contribution in [0.4, 0.5) is 0 Å². The highest BCUT2D eigenvalue weighted by Gasteiger charge is 2.30. The predicted molar refractivity (Wildman–Crippen MR) is 75.3 cm³/mol. The van der Waals surface area contributed by atoms with E-state index in [2.05, 4.69) is 52.0 Å². The van der Waals surface area contributed by atoms with Crippen LogP contribution in [0.15, 0.2) is 24.3 Å². The van der Waals surface area contributed by atoms with Crippen molar-refractivity contribution in [2.75, 3.05) is 0 Å². The summed E-state index contributed by atoms with van der Waals surface area (Å²) in [5, 5.41) is 0. The van der Waals surface area contributed by atoms with Crippen LogP contribution >= 0.6 is 0 Å². The highest BCUT2D eigenvalue weighted by molar-refractivity contribution is 5.25. The van der Waals surface area contributed by atoms with Crippen LogP contribution in [0, 0.1) is 18.3 Å². The molecule has 1 aliphatic carbocycles. The molecule has 94 valence electrons. The van der Waals surface area contributed by atoms with Gasteiger partial charge in [-0.3, -0.25) is 0 Å². The molecule has 1 saturated carbocycles. The molecule has 1 aromatic carbocycles. The van der Waals surface area contributed by atoms with Gasteiger partial charge in [0.1, 0.15) is 0 Å². The first kappa shape index (κ1) is 12.7. The Morgan fingerprint density at radius 1 is 1.00 bits per heavy atom. The van der Waals surface area contributed by atoms with E-state index in [1.807, 2.05) is 0 Å². The Morgan fingerprint density at radius 2 is 1.65 bits per heavy atom. The Kier molecular flexibility index (Phi) is 3.61. The molecule has 0 saturated heterocycles. The third-order valence-electron chi connectivity index (χ3n) is 4.47. The molecule has 2 rings (SSSR count). The molecule has 0 amide bonds. The molecule has 0 aliphatic heterocycles. The van der Waals surface area contributed by atoms with Crippen molar-refractivity contribution in [2.45, 2.75) is 59.3 Å². The van der Waals surface area contributed by atoms with Crippen molar-refractivity contribution in [1.29, 1.82) is 0 Å². The van der Waals surface area contributed by atoms with E-state index in [0.717, 1.165) is 11.8 Å². The van der Waals surface area contributed by atoms with Crippen molar-refractivity contribution in [3.63, 3.8) is 0 Å². The van der Waals surface area contributed by atoms with E-state index in [1.165, 1.54) is 31.2 Å². The van der Waals surface area contributed by atoms with Crippen LogP contribution in [0.2, 0.25) is 0 Å². The number of aryl methyl sites for hydroxylation is 1. The zero-order valence-electron chi connectivity index (χ0n) is 11.8. The average molecular weight is 230 g/mol. The van der Waals surface area contributed by atoms with Crippen LogP contribution in [-0.2, 0) is 0 Å². The van der Waals surface area contributed by atoms with Gasteiger partial charge in [0.25, 0.3) is 0 Å². The van der Waals surface area contributed by atoms with E-state index >= 15 is 0 Å². The third-order valence-corrected chi connectivity index (χ3v) is 4.47. The second kappa shape index (κ2) is 4.84. The summed E-state index contributed by atoms with van der Waals surface area (Å²) in [6.45, 7) is 9.38. The molecule has 1 fully saturated rings. The number of rotatable bonds is 1. The van der Waals surface area contributed by atoms with Gasteiger partial charge in [0.15, 0.2) is 0 Å². The maximum Gasteiger partial charge on any atom is -0.0162 e. The minimum absolute atomic E-state index is 0.498. The molecule has 0 unspecified atom stereocenters. The molecular formula is C17H26. The normalized spacial score (nSPS) is 25.9. The summed E-state index contributed by atoms with van der Waals surface area (Å²) in [5.41, 5.74) is 3.47. The zero-order chi connectivity index (χ0) is 12.5. The monoisotopic (exact) mass is 230 g/mol. The van der Waals surface area contributed by atoms with Crippen molar-refractivity contribution in [3.8, 4) is 0 Å². The fourth-order valence-corrected chi connectivity index (χ4v) is 3.22. The first-order valence-corrected chi connectivity index (χ1v) is 7.03. The molecule has 1 aromatic rings. The van der Waals surface area contributed by atoms with E-state index in [0.29, 0.717) is 5.41 Å². The van der Waals surface area contributed by atoms with Crippen molar-refractivity contribution in [3.05, 3.63) is 35.4 Å². The summed E-state index contributed by atoms with van der Waals surface area (Å²) in [4.78, 5) is 0. The standard InChI is InChI=1S/C17H26/c1-13-6-5-7-15(12-13)14-8-10-16(11-9-14)17(2,3)4/h5-7,12,14,16H,8-11H2,1-4H3. The van der Waals surface area contributed by atoms with Gasteiger partial charge in [0, 0.05) is 0 Å². The molecule has 0 N–H and O–H groups in total. The minimum atomic E-state index is 0.498. The van der Waals surface area contributed by atoms with Gasteiger partial charge < -0.3 is 0 Å². The van der Waals surface area contributed by atoms with Crippen LogP contribution < -0.4 is 0 Å². The first-order chi connectivity index (χ1) is 7.97. The molecule has 1 aliphatic rings. The van der Waals surface area contributed by atoms with Crippen molar-refractivity contribution < 1.29 is 0 Å². The number of hydrogen-bond donors (Lipinski definition) is 0. The summed E-state index contributed by atoms with van der Waals surface area (Å²) in [5.74, 6) is 1.73. The quantitative estimate of drug-likeness (QED) is 0.613. The van der Waals surface area contributed by atoms with E-state index in [1.54, 1.807) is 5.56 Å². The fourth-order valence-electron chi connectivity index (χ4n) is 3.22. The second-order valence-electron chi connectivity index (χ2n) is 6.83.